The highest BCUT2D eigenvalue weighted by Gasteiger charge is 2.26. The smallest absolute Gasteiger partial charge is 0.212 e. The van der Waals surface area contributed by atoms with Gasteiger partial charge < -0.3 is 15.2 Å². The number of anilines is 1. The number of imidazole rings is 1. The Morgan fingerprint density at radius 2 is 2.11 bits per heavy atom. The number of aromatic nitrogens is 2. The summed E-state index contributed by atoms with van der Waals surface area (Å²) in [6.07, 6.45) is 0.552. The summed E-state index contributed by atoms with van der Waals surface area (Å²) < 4.78 is 14.2. The quantitative estimate of drug-likeness (QED) is 0.642. The lowest BCUT2D eigenvalue weighted by atomic mass is 10.1. The molecule has 0 radical (unpaired) electrons. The molecule has 0 fully saturated rings. The molecule has 2 aromatic carbocycles. The third-order valence-electron chi connectivity index (χ3n) is 4.34. The summed E-state index contributed by atoms with van der Waals surface area (Å²) in [4.78, 5) is 9.24. The summed E-state index contributed by atoms with van der Waals surface area (Å²) in [5.41, 5.74) is 8.79. The van der Waals surface area contributed by atoms with Crippen molar-refractivity contribution in [3.63, 3.8) is 0 Å². The number of fused-ring (bicyclic) bond motifs is 3. The Morgan fingerprint density at radius 1 is 1.30 bits per heavy atom. The van der Waals surface area contributed by atoms with E-state index in [9.17, 15) is 0 Å². The van der Waals surface area contributed by atoms with Crippen molar-refractivity contribution in [1.29, 1.82) is 0 Å². The van der Waals surface area contributed by atoms with Gasteiger partial charge >= 0.3 is 0 Å². The molecule has 27 heavy (non-hydrogen) atoms. The molecule has 0 amide bonds. The Hall–Kier alpha value is -2.74. The van der Waals surface area contributed by atoms with Crippen molar-refractivity contribution in [1.82, 2.24) is 9.55 Å². The van der Waals surface area contributed by atoms with Crippen LogP contribution in [0.4, 0.5) is 5.95 Å². The topological polar surface area (TPSA) is 86.7 Å². The number of rotatable bonds is 5. The summed E-state index contributed by atoms with van der Waals surface area (Å²) in [6.45, 7) is 2.68. The molecule has 3 aromatic rings. The van der Waals surface area contributed by atoms with Gasteiger partial charge in [-0.3, -0.25) is 9.88 Å². The van der Waals surface area contributed by atoms with Crippen LogP contribution < -0.4 is 20.5 Å². The molecule has 1 aromatic heterocycles. The zero-order valence-corrected chi connectivity index (χ0v) is 16.7. The maximum absolute atomic E-state index is 6.02. The van der Waals surface area contributed by atoms with E-state index in [0.29, 0.717) is 30.0 Å². The molecule has 0 aliphatic carbocycles. The van der Waals surface area contributed by atoms with Crippen LogP contribution in [0.2, 0.25) is 0 Å². The fourth-order valence-electron chi connectivity index (χ4n) is 3.17. The van der Waals surface area contributed by atoms with Crippen LogP contribution in [0.25, 0.3) is 11.0 Å². The molecule has 0 unspecified atom stereocenters. The molecule has 2 heterocycles. The number of methoxy groups -OCH3 is 1. The number of para-hydroxylation sites is 2. The summed E-state index contributed by atoms with van der Waals surface area (Å²) in [5, 5.41) is 3.04. The van der Waals surface area contributed by atoms with Gasteiger partial charge in [-0.25, -0.2) is 9.98 Å². The summed E-state index contributed by atoms with van der Waals surface area (Å²) >= 11 is 3.61. The number of guanidine groups is 1. The number of nitrogens with zero attached hydrogens (tertiary/aromatic N) is 3. The lowest BCUT2D eigenvalue weighted by molar-refractivity contribution is 0.292. The van der Waals surface area contributed by atoms with E-state index in [0.717, 1.165) is 27.5 Å². The molecule has 1 aliphatic rings. The van der Waals surface area contributed by atoms with E-state index in [1.54, 1.807) is 7.11 Å². The van der Waals surface area contributed by atoms with Gasteiger partial charge in [0.2, 0.25) is 5.95 Å². The SMILES string of the molecule is CCCOc1c(Br)cc([C@@H]2N=C(N)Nc3nc4ccccc4n32)cc1OC. The highest BCUT2D eigenvalue weighted by atomic mass is 79.9. The molecule has 0 spiro atoms. The third kappa shape index (κ3) is 3.10. The van der Waals surface area contributed by atoms with Crippen LogP contribution in [0.1, 0.15) is 25.1 Å². The number of aliphatic imine (C=N–C) groups is 1. The molecular weight excluding hydrogens is 410 g/mol. The van der Waals surface area contributed by atoms with E-state index in [4.69, 9.17) is 15.2 Å². The normalized spacial score (nSPS) is 15.8. The monoisotopic (exact) mass is 429 g/mol. The first-order valence-electron chi connectivity index (χ1n) is 8.70. The minimum Gasteiger partial charge on any atom is -0.493 e. The number of benzene rings is 2. The Kier molecular flexibility index (Phi) is 4.65. The van der Waals surface area contributed by atoms with E-state index in [2.05, 4.69) is 38.1 Å². The average molecular weight is 430 g/mol. The van der Waals surface area contributed by atoms with Gasteiger partial charge in [0.05, 0.1) is 29.2 Å². The summed E-state index contributed by atoms with van der Waals surface area (Å²) in [7, 11) is 1.63. The standard InChI is InChI=1S/C19H20BrN5O2/c1-3-8-27-16-12(20)9-11(10-15(16)26-2)17-23-18(21)24-19-22-13-6-4-5-7-14(13)25(17)19/h4-7,9-10,17H,3,8H2,1-2H3,(H3,21,22,23,24)/t17-/m1/s1. The lowest BCUT2D eigenvalue weighted by Crippen LogP contribution is -2.31. The number of hydrogen-bond donors (Lipinski definition) is 2. The van der Waals surface area contributed by atoms with Crippen LogP contribution in [0, 0.1) is 0 Å². The average Bonchev–Trinajstić information content (AvgIpc) is 3.03. The zero-order valence-electron chi connectivity index (χ0n) is 15.1. The predicted molar refractivity (Wildman–Crippen MR) is 110 cm³/mol. The highest BCUT2D eigenvalue weighted by molar-refractivity contribution is 9.10. The third-order valence-corrected chi connectivity index (χ3v) is 4.93. The Balaban J connectivity index is 1.86. The van der Waals surface area contributed by atoms with Gasteiger partial charge in [-0.2, -0.15) is 0 Å². The van der Waals surface area contributed by atoms with Crippen LogP contribution in [0.3, 0.4) is 0 Å². The molecular formula is C19H20BrN5O2. The second-order valence-electron chi connectivity index (χ2n) is 6.19. The van der Waals surface area contributed by atoms with Crippen molar-refractivity contribution in [2.24, 2.45) is 10.7 Å². The fraction of sp³-hybridized carbons (Fsp3) is 0.263. The second kappa shape index (κ2) is 7.11. The van der Waals surface area contributed by atoms with E-state index in [-0.39, 0.29) is 6.17 Å². The van der Waals surface area contributed by atoms with Crippen LogP contribution in [0.15, 0.2) is 45.9 Å². The molecule has 3 N–H and O–H groups in total. The van der Waals surface area contributed by atoms with Gasteiger partial charge in [0.1, 0.15) is 0 Å². The maximum atomic E-state index is 6.02. The van der Waals surface area contributed by atoms with Crippen molar-refractivity contribution >= 4 is 38.9 Å². The van der Waals surface area contributed by atoms with Gasteiger partial charge in [0.15, 0.2) is 23.6 Å². The minimum absolute atomic E-state index is 0.323. The van der Waals surface area contributed by atoms with Crippen molar-refractivity contribution in [2.45, 2.75) is 19.5 Å². The van der Waals surface area contributed by atoms with E-state index < -0.39 is 0 Å². The van der Waals surface area contributed by atoms with Crippen molar-refractivity contribution in [2.75, 3.05) is 19.0 Å². The predicted octanol–water partition coefficient (Wildman–Crippen LogP) is 3.88. The summed E-state index contributed by atoms with van der Waals surface area (Å²) in [5.74, 6) is 2.31. The zero-order chi connectivity index (χ0) is 19.0. The largest absolute Gasteiger partial charge is 0.493 e. The molecule has 1 aliphatic heterocycles. The van der Waals surface area contributed by atoms with Gasteiger partial charge in [-0.1, -0.05) is 19.1 Å². The Morgan fingerprint density at radius 3 is 2.89 bits per heavy atom. The minimum atomic E-state index is -0.362. The highest BCUT2D eigenvalue weighted by Crippen LogP contribution is 2.41. The molecule has 0 saturated carbocycles. The first kappa shape index (κ1) is 17.7. The van der Waals surface area contributed by atoms with Gasteiger partial charge in [0.25, 0.3) is 0 Å². The van der Waals surface area contributed by atoms with Gasteiger partial charge in [0, 0.05) is 5.56 Å². The lowest BCUT2D eigenvalue weighted by Gasteiger charge is -2.25. The van der Waals surface area contributed by atoms with Crippen LogP contribution in [-0.4, -0.2) is 29.2 Å². The van der Waals surface area contributed by atoms with E-state index >= 15 is 0 Å². The number of halogens is 1. The number of nitrogens with two attached hydrogens (primary N) is 1. The fourth-order valence-corrected chi connectivity index (χ4v) is 3.75. The molecule has 7 nitrogen and oxygen atoms in total. The number of ether oxygens (including phenoxy) is 2. The molecule has 0 bridgehead atoms. The van der Waals surface area contributed by atoms with Crippen LogP contribution in [-0.2, 0) is 0 Å². The Labute approximate surface area is 165 Å². The maximum Gasteiger partial charge on any atom is 0.212 e. The van der Waals surface area contributed by atoms with Crippen LogP contribution >= 0.6 is 15.9 Å². The Bertz CT molecular complexity index is 1030. The van der Waals surface area contributed by atoms with Gasteiger partial charge in [-0.15, -0.1) is 0 Å². The molecule has 8 heteroatoms. The number of hydrogen-bond acceptors (Lipinski definition) is 6. The molecule has 4 rings (SSSR count). The first-order valence-corrected chi connectivity index (χ1v) is 9.49. The second-order valence-corrected chi connectivity index (χ2v) is 7.04. The van der Waals surface area contributed by atoms with Crippen LogP contribution in [0.5, 0.6) is 11.5 Å². The van der Waals surface area contributed by atoms with Crippen molar-refractivity contribution in [3.05, 3.63) is 46.4 Å². The first-order chi connectivity index (χ1) is 13.1. The molecule has 1 atom stereocenters. The summed E-state index contributed by atoms with van der Waals surface area (Å²) in [6, 6.07) is 11.8. The van der Waals surface area contributed by atoms with E-state index in [1.165, 1.54) is 0 Å². The number of nitrogens with one attached hydrogen (secondary N) is 1. The van der Waals surface area contributed by atoms with Crippen molar-refractivity contribution < 1.29 is 9.47 Å². The van der Waals surface area contributed by atoms with E-state index in [1.807, 2.05) is 41.0 Å². The molecule has 0 saturated heterocycles. The van der Waals surface area contributed by atoms with Crippen molar-refractivity contribution in [3.8, 4) is 11.5 Å². The van der Waals surface area contributed by atoms with Gasteiger partial charge in [-0.05, 0) is 46.6 Å². The molecule has 140 valence electrons.